The molecule has 7 heteroatoms. The summed E-state index contributed by atoms with van der Waals surface area (Å²) in [5, 5.41) is 10.6. The number of unbranched alkanes of at least 4 members (excludes halogenated alkanes) is 1. The summed E-state index contributed by atoms with van der Waals surface area (Å²) in [7, 11) is -3.61. The lowest BCUT2D eigenvalue weighted by Crippen LogP contribution is -2.29. The van der Waals surface area contributed by atoms with Crippen LogP contribution >= 0.6 is 0 Å². The van der Waals surface area contributed by atoms with Gasteiger partial charge in [0.2, 0.25) is 10.0 Å². The first kappa shape index (κ1) is 17.6. The van der Waals surface area contributed by atoms with Crippen LogP contribution in [0.4, 0.5) is 5.69 Å². The third-order valence-corrected chi connectivity index (χ3v) is 4.90. The highest BCUT2D eigenvalue weighted by Crippen LogP contribution is 2.17. The van der Waals surface area contributed by atoms with Crippen molar-refractivity contribution in [2.24, 2.45) is 5.92 Å². The summed E-state index contributed by atoms with van der Waals surface area (Å²) in [6.45, 7) is 4.55. The predicted octanol–water partition coefficient (Wildman–Crippen LogP) is 3.09. The van der Waals surface area contributed by atoms with Crippen molar-refractivity contribution >= 4 is 15.7 Å². The van der Waals surface area contributed by atoms with Crippen LogP contribution < -0.4 is 4.72 Å². The second-order valence-electron chi connectivity index (χ2n) is 5.02. The molecule has 0 aromatic heterocycles. The van der Waals surface area contributed by atoms with E-state index in [4.69, 9.17) is 0 Å². The fourth-order valence-electron chi connectivity index (χ4n) is 2.00. The molecule has 0 saturated heterocycles. The van der Waals surface area contributed by atoms with Crippen LogP contribution in [0, 0.1) is 16.0 Å². The van der Waals surface area contributed by atoms with Crippen LogP contribution in [0.15, 0.2) is 29.2 Å². The Morgan fingerprint density at radius 2 is 1.86 bits per heavy atom. The lowest BCUT2D eigenvalue weighted by molar-refractivity contribution is -0.384. The van der Waals surface area contributed by atoms with Crippen molar-refractivity contribution in [3.05, 3.63) is 34.4 Å². The number of nitrogens with zero attached hydrogens (tertiary/aromatic N) is 1. The standard InChI is InChI=1S/C14H22N2O4S/c1-3-5-6-12(4-2)11-15-21(19,20)14-9-7-13(8-10-14)16(17)18/h7-10,12,15H,3-6,11H2,1-2H3/t12-/m1/s1. The zero-order valence-corrected chi connectivity index (χ0v) is 13.2. The summed E-state index contributed by atoms with van der Waals surface area (Å²) in [5.41, 5.74) is -0.122. The topological polar surface area (TPSA) is 89.3 Å². The fourth-order valence-corrected chi connectivity index (χ4v) is 3.12. The molecule has 1 aromatic carbocycles. The van der Waals surface area contributed by atoms with Gasteiger partial charge >= 0.3 is 0 Å². The SMILES string of the molecule is CCCC[C@@H](CC)CNS(=O)(=O)c1ccc([N+](=O)[O-])cc1. The number of rotatable bonds is 9. The largest absolute Gasteiger partial charge is 0.269 e. The quantitative estimate of drug-likeness (QED) is 0.560. The third-order valence-electron chi connectivity index (χ3n) is 3.46. The van der Waals surface area contributed by atoms with Gasteiger partial charge in [0.05, 0.1) is 9.82 Å². The average molecular weight is 314 g/mol. The molecule has 0 fully saturated rings. The van der Waals surface area contributed by atoms with Gasteiger partial charge in [-0.25, -0.2) is 13.1 Å². The van der Waals surface area contributed by atoms with Crippen LogP contribution in [0.1, 0.15) is 39.5 Å². The number of benzene rings is 1. The average Bonchev–Trinajstić information content (AvgIpc) is 2.47. The summed E-state index contributed by atoms with van der Waals surface area (Å²) in [5.74, 6) is 0.317. The van der Waals surface area contributed by atoms with Gasteiger partial charge in [-0.1, -0.05) is 33.1 Å². The minimum absolute atomic E-state index is 0.0541. The van der Waals surface area contributed by atoms with E-state index in [-0.39, 0.29) is 10.6 Å². The molecule has 118 valence electrons. The summed E-state index contributed by atoms with van der Waals surface area (Å²) < 4.78 is 26.8. The minimum Gasteiger partial charge on any atom is -0.258 e. The monoisotopic (exact) mass is 314 g/mol. The molecule has 1 N–H and O–H groups in total. The Hall–Kier alpha value is -1.47. The van der Waals surface area contributed by atoms with Crippen molar-refractivity contribution in [2.75, 3.05) is 6.54 Å². The summed E-state index contributed by atoms with van der Waals surface area (Å²) in [6.07, 6.45) is 4.09. The predicted molar refractivity (Wildman–Crippen MR) is 81.6 cm³/mol. The van der Waals surface area contributed by atoms with Crippen molar-refractivity contribution in [3.8, 4) is 0 Å². The molecule has 21 heavy (non-hydrogen) atoms. The van der Waals surface area contributed by atoms with Crippen molar-refractivity contribution < 1.29 is 13.3 Å². The molecule has 1 aromatic rings. The van der Waals surface area contributed by atoms with E-state index in [1.54, 1.807) is 0 Å². The van der Waals surface area contributed by atoms with Crippen molar-refractivity contribution in [2.45, 2.75) is 44.4 Å². The van der Waals surface area contributed by atoms with Crippen molar-refractivity contribution in [3.63, 3.8) is 0 Å². The molecule has 0 aliphatic heterocycles. The van der Waals surface area contributed by atoms with Gasteiger partial charge in [0, 0.05) is 18.7 Å². The summed E-state index contributed by atoms with van der Waals surface area (Å²) >= 11 is 0. The first-order valence-electron chi connectivity index (χ1n) is 7.14. The van der Waals surface area contributed by atoms with E-state index in [9.17, 15) is 18.5 Å². The number of nitro benzene ring substituents is 1. The van der Waals surface area contributed by atoms with Crippen LogP contribution in [0.2, 0.25) is 0 Å². The zero-order chi connectivity index (χ0) is 15.9. The van der Waals surface area contributed by atoms with Crippen molar-refractivity contribution in [1.82, 2.24) is 4.72 Å². The number of hydrogen-bond acceptors (Lipinski definition) is 4. The van der Waals surface area contributed by atoms with Gasteiger partial charge < -0.3 is 0 Å². The molecule has 6 nitrogen and oxygen atoms in total. The molecule has 0 spiro atoms. The molecule has 1 rings (SSSR count). The Bertz CT molecular complexity index is 555. The van der Waals surface area contributed by atoms with Gasteiger partial charge in [0.25, 0.3) is 5.69 Å². The van der Waals surface area contributed by atoms with E-state index in [1.165, 1.54) is 24.3 Å². The maximum Gasteiger partial charge on any atom is 0.269 e. The second-order valence-corrected chi connectivity index (χ2v) is 6.79. The Morgan fingerprint density at radius 1 is 1.24 bits per heavy atom. The van der Waals surface area contributed by atoms with E-state index in [0.717, 1.165) is 25.7 Å². The molecule has 0 aliphatic carbocycles. The minimum atomic E-state index is -3.61. The summed E-state index contributed by atoms with van der Waals surface area (Å²) in [4.78, 5) is 10.1. The van der Waals surface area contributed by atoms with Crippen LogP contribution in [0.3, 0.4) is 0 Å². The first-order chi connectivity index (χ1) is 9.90. The first-order valence-corrected chi connectivity index (χ1v) is 8.63. The van der Waals surface area contributed by atoms with E-state index in [0.29, 0.717) is 12.5 Å². The molecule has 0 radical (unpaired) electrons. The number of non-ortho nitro benzene ring substituents is 1. The van der Waals surface area contributed by atoms with Crippen LogP contribution in [0.5, 0.6) is 0 Å². The highest BCUT2D eigenvalue weighted by molar-refractivity contribution is 7.89. The second kappa shape index (κ2) is 8.09. The molecule has 0 saturated carbocycles. The number of nitrogens with one attached hydrogen (secondary N) is 1. The van der Waals surface area contributed by atoms with Crippen LogP contribution in [-0.4, -0.2) is 19.9 Å². The smallest absolute Gasteiger partial charge is 0.258 e. The fraction of sp³-hybridized carbons (Fsp3) is 0.571. The molecule has 1 atom stereocenters. The molecular weight excluding hydrogens is 292 g/mol. The van der Waals surface area contributed by atoms with E-state index >= 15 is 0 Å². The van der Waals surface area contributed by atoms with Gasteiger partial charge in [-0.3, -0.25) is 10.1 Å². The zero-order valence-electron chi connectivity index (χ0n) is 12.4. The molecule has 0 aliphatic rings. The Labute approximate surface area is 125 Å². The third kappa shape index (κ3) is 5.43. The normalized spacial score (nSPS) is 13.0. The van der Waals surface area contributed by atoms with E-state index in [2.05, 4.69) is 11.6 Å². The highest BCUT2D eigenvalue weighted by Gasteiger charge is 2.17. The van der Waals surface area contributed by atoms with Gasteiger partial charge in [0.1, 0.15) is 0 Å². The Balaban J connectivity index is 2.70. The Morgan fingerprint density at radius 3 is 2.33 bits per heavy atom. The number of sulfonamides is 1. The van der Waals surface area contributed by atoms with E-state index in [1.807, 2.05) is 6.92 Å². The summed E-state index contributed by atoms with van der Waals surface area (Å²) in [6, 6.07) is 4.91. The molecule has 0 unspecified atom stereocenters. The Kier molecular flexibility index (Phi) is 6.77. The molecule has 0 amide bonds. The van der Waals surface area contributed by atoms with E-state index < -0.39 is 14.9 Å². The van der Waals surface area contributed by atoms with Gasteiger partial charge in [-0.05, 0) is 24.5 Å². The van der Waals surface area contributed by atoms with Gasteiger partial charge in [-0.2, -0.15) is 0 Å². The maximum atomic E-state index is 12.1. The number of hydrogen-bond donors (Lipinski definition) is 1. The molecular formula is C14H22N2O4S. The number of nitro groups is 1. The molecule has 0 bridgehead atoms. The lowest BCUT2D eigenvalue weighted by Gasteiger charge is -2.15. The van der Waals surface area contributed by atoms with Crippen LogP contribution in [-0.2, 0) is 10.0 Å². The lowest BCUT2D eigenvalue weighted by atomic mass is 10.00. The highest BCUT2D eigenvalue weighted by atomic mass is 32.2. The molecule has 0 heterocycles. The maximum absolute atomic E-state index is 12.1. The van der Waals surface area contributed by atoms with Crippen LogP contribution in [0.25, 0.3) is 0 Å². The van der Waals surface area contributed by atoms with Gasteiger partial charge in [-0.15, -0.1) is 0 Å². The van der Waals surface area contributed by atoms with Gasteiger partial charge in [0.15, 0.2) is 0 Å². The van der Waals surface area contributed by atoms with Crippen molar-refractivity contribution in [1.29, 1.82) is 0 Å².